The average molecular weight is 402 g/mol. The summed E-state index contributed by atoms with van der Waals surface area (Å²) in [6.45, 7) is 5.92. The van der Waals surface area contributed by atoms with E-state index < -0.39 is 0 Å². The number of amides is 2. The van der Waals surface area contributed by atoms with Gasteiger partial charge >= 0.3 is 5.97 Å². The first-order valence-corrected chi connectivity index (χ1v) is 10.3. The molecule has 2 amide bonds. The number of nitrogens with zero attached hydrogens (tertiary/aromatic N) is 1. The molecule has 0 bridgehead atoms. The van der Waals surface area contributed by atoms with E-state index in [1.54, 1.807) is 38.3 Å². The zero-order valence-electron chi connectivity index (χ0n) is 17.4. The molecule has 0 aliphatic carbocycles. The zero-order valence-corrected chi connectivity index (χ0v) is 17.4. The highest BCUT2D eigenvalue weighted by Crippen LogP contribution is 2.23. The molecule has 6 nitrogen and oxygen atoms in total. The average Bonchev–Trinajstić information content (AvgIpc) is 2.96. The number of hydrogen-bond donors (Lipinski definition) is 0. The van der Waals surface area contributed by atoms with Gasteiger partial charge in [-0.2, -0.15) is 0 Å². The highest BCUT2D eigenvalue weighted by atomic mass is 16.5. The molecule has 1 atom stereocenters. The molecular formula is C23H31NO5. The molecule has 0 aromatic heterocycles. The molecule has 29 heavy (non-hydrogen) atoms. The van der Waals surface area contributed by atoms with Gasteiger partial charge in [-0.25, -0.2) is 4.79 Å². The predicted molar refractivity (Wildman–Crippen MR) is 111 cm³/mol. The molecule has 158 valence electrons. The Hall–Kier alpha value is -2.47. The molecule has 1 aliphatic heterocycles. The summed E-state index contributed by atoms with van der Waals surface area (Å²) in [7, 11) is 1.62. The number of carbonyl (C=O) groups is 3. The minimum atomic E-state index is -0.325. The van der Waals surface area contributed by atoms with Crippen LogP contribution in [0.4, 0.5) is 0 Å². The second-order valence-electron chi connectivity index (χ2n) is 7.45. The Morgan fingerprint density at radius 1 is 1.00 bits per heavy atom. The minimum Gasteiger partial charge on any atom is -0.462 e. The Labute approximate surface area is 172 Å². The normalized spacial score (nSPS) is 14.1. The summed E-state index contributed by atoms with van der Waals surface area (Å²) in [6.07, 6.45) is 6.75. The van der Waals surface area contributed by atoms with Gasteiger partial charge in [-0.05, 0) is 31.9 Å². The fourth-order valence-electron chi connectivity index (χ4n) is 3.36. The van der Waals surface area contributed by atoms with Gasteiger partial charge in [0.25, 0.3) is 11.8 Å². The first-order chi connectivity index (χ1) is 14.0. The molecule has 0 saturated carbocycles. The Morgan fingerprint density at radius 2 is 1.55 bits per heavy atom. The van der Waals surface area contributed by atoms with Crippen LogP contribution < -0.4 is 0 Å². The van der Waals surface area contributed by atoms with Gasteiger partial charge in [0.05, 0.1) is 30.4 Å². The lowest BCUT2D eigenvalue weighted by Gasteiger charge is -2.21. The highest BCUT2D eigenvalue weighted by molar-refractivity contribution is 6.21. The van der Waals surface area contributed by atoms with Crippen molar-refractivity contribution in [2.75, 3.05) is 20.3 Å². The SMILES string of the molecule is C=C(C)C(=O)OCCCCCCCCC(CN1C(=O)c2ccccc2C1=O)OC. The van der Waals surface area contributed by atoms with Crippen LogP contribution in [-0.4, -0.2) is 49.0 Å². The maximum Gasteiger partial charge on any atom is 0.333 e. The highest BCUT2D eigenvalue weighted by Gasteiger charge is 2.36. The molecule has 1 unspecified atom stereocenters. The maximum atomic E-state index is 12.5. The zero-order chi connectivity index (χ0) is 21.2. The lowest BCUT2D eigenvalue weighted by Crippen LogP contribution is -2.37. The molecule has 0 saturated heterocycles. The monoisotopic (exact) mass is 401 g/mol. The van der Waals surface area contributed by atoms with Crippen molar-refractivity contribution in [3.8, 4) is 0 Å². The Bertz CT molecular complexity index is 708. The molecule has 1 aromatic rings. The van der Waals surface area contributed by atoms with Crippen LogP contribution in [0.2, 0.25) is 0 Å². The number of esters is 1. The van der Waals surface area contributed by atoms with Gasteiger partial charge in [-0.1, -0.05) is 50.8 Å². The quantitative estimate of drug-likeness (QED) is 0.215. The third-order valence-electron chi connectivity index (χ3n) is 5.10. The lowest BCUT2D eigenvalue weighted by atomic mass is 10.1. The van der Waals surface area contributed by atoms with Gasteiger partial charge < -0.3 is 9.47 Å². The van der Waals surface area contributed by atoms with E-state index in [-0.39, 0.29) is 30.4 Å². The van der Waals surface area contributed by atoms with Gasteiger partial charge in [0.15, 0.2) is 0 Å². The van der Waals surface area contributed by atoms with Gasteiger partial charge in [-0.15, -0.1) is 0 Å². The van der Waals surface area contributed by atoms with Crippen LogP contribution in [0.25, 0.3) is 0 Å². The van der Waals surface area contributed by atoms with E-state index in [1.807, 2.05) is 0 Å². The number of rotatable bonds is 13. The molecule has 6 heteroatoms. The number of imide groups is 1. The summed E-state index contributed by atoms with van der Waals surface area (Å²) in [5.74, 6) is -0.798. The minimum absolute atomic E-state index is 0.154. The standard InChI is InChI=1S/C23H31NO5/c1-17(2)23(27)29-15-11-7-5-4-6-8-12-18(28-3)16-24-21(25)19-13-9-10-14-20(19)22(24)26/h9-10,13-14,18H,1,4-8,11-12,15-16H2,2-3H3. The third-order valence-corrected chi connectivity index (χ3v) is 5.10. The molecule has 0 spiro atoms. The second kappa shape index (κ2) is 11.5. The summed E-state index contributed by atoms with van der Waals surface area (Å²) in [4.78, 5) is 37.5. The Morgan fingerprint density at radius 3 is 2.10 bits per heavy atom. The molecule has 0 N–H and O–H groups in total. The summed E-state index contributed by atoms with van der Waals surface area (Å²) in [5, 5.41) is 0. The van der Waals surface area contributed by atoms with Crippen LogP contribution in [0, 0.1) is 0 Å². The van der Waals surface area contributed by atoms with Crippen molar-refractivity contribution in [2.24, 2.45) is 0 Å². The van der Waals surface area contributed by atoms with Crippen LogP contribution in [0.1, 0.15) is 72.6 Å². The van der Waals surface area contributed by atoms with Gasteiger partial charge in [-0.3, -0.25) is 14.5 Å². The number of ether oxygens (including phenoxy) is 2. The lowest BCUT2D eigenvalue weighted by molar-refractivity contribution is -0.139. The van der Waals surface area contributed by atoms with E-state index in [0.717, 1.165) is 44.9 Å². The Kier molecular flexibility index (Phi) is 9.06. The Balaban J connectivity index is 1.60. The fraction of sp³-hybridized carbons (Fsp3) is 0.522. The molecule has 1 aliphatic rings. The molecule has 2 rings (SSSR count). The predicted octanol–water partition coefficient (Wildman–Crippen LogP) is 4.15. The van der Waals surface area contributed by atoms with Crippen molar-refractivity contribution in [1.82, 2.24) is 4.90 Å². The molecule has 0 radical (unpaired) electrons. The summed E-state index contributed by atoms with van der Waals surface area (Å²) in [6, 6.07) is 6.92. The number of carbonyl (C=O) groups excluding carboxylic acids is 3. The molecule has 1 heterocycles. The van der Waals surface area contributed by atoms with Gasteiger partial charge in [0.2, 0.25) is 0 Å². The maximum absolute atomic E-state index is 12.5. The van der Waals surface area contributed by atoms with E-state index in [2.05, 4.69) is 6.58 Å². The smallest absolute Gasteiger partial charge is 0.333 e. The summed E-state index contributed by atoms with van der Waals surface area (Å²) < 4.78 is 10.6. The van der Waals surface area contributed by atoms with Gasteiger partial charge in [0, 0.05) is 12.7 Å². The number of methoxy groups -OCH3 is 1. The van der Waals surface area contributed by atoms with Gasteiger partial charge in [0.1, 0.15) is 0 Å². The van der Waals surface area contributed by atoms with Crippen molar-refractivity contribution in [3.05, 3.63) is 47.5 Å². The number of fused-ring (bicyclic) bond motifs is 1. The van der Waals surface area contributed by atoms with E-state index in [0.29, 0.717) is 23.3 Å². The van der Waals surface area contributed by atoms with Crippen molar-refractivity contribution in [3.63, 3.8) is 0 Å². The van der Waals surface area contributed by atoms with Crippen LogP contribution in [0.15, 0.2) is 36.4 Å². The van der Waals surface area contributed by atoms with Crippen LogP contribution in [0.3, 0.4) is 0 Å². The van der Waals surface area contributed by atoms with E-state index >= 15 is 0 Å². The van der Waals surface area contributed by atoms with Crippen molar-refractivity contribution >= 4 is 17.8 Å². The van der Waals surface area contributed by atoms with E-state index in [1.165, 1.54) is 4.90 Å². The topological polar surface area (TPSA) is 72.9 Å². The second-order valence-corrected chi connectivity index (χ2v) is 7.45. The third kappa shape index (κ3) is 6.53. The first-order valence-electron chi connectivity index (χ1n) is 10.3. The molecule has 0 fully saturated rings. The summed E-state index contributed by atoms with van der Waals surface area (Å²) in [5.41, 5.74) is 1.38. The van der Waals surface area contributed by atoms with Crippen molar-refractivity contribution in [2.45, 2.75) is 58.0 Å². The largest absolute Gasteiger partial charge is 0.462 e. The molecular weight excluding hydrogens is 370 g/mol. The fourth-order valence-corrected chi connectivity index (χ4v) is 3.36. The van der Waals surface area contributed by atoms with Crippen LogP contribution in [-0.2, 0) is 14.3 Å². The number of hydrogen-bond acceptors (Lipinski definition) is 5. The van der Waals surface area contributed by atoms with Crippen molar-refractivity contribution < 1.29 is 23.9 Å². The first kappa shape index (κ1) is 22.8. The molecule has 1 aromatic carbocycles. The van der Waals surface area contributed by atoms with Crippen molar-refractivity contribution in [1.29, 1.82) is 0 Å². The summed E-state index contributed by atoms with van der Waals surface area (Å²) >= 11 is 0. The van der Waals surface area contributed by atoms with E-state index in [4.69, 9.17) is 9.47 Å². The number of unbranched alkanes of at least 4 members (excludes halogenated alkanes) is 5. The van der Waals surface area contributed by atoms with Crippen LogP contribution >= 0.6 is 0 Å². The van der Waals surface area contributed by atoms with Crippen LogP contribution in [0.5, 0.6) is 0 Å². The van der Waals surface area contributed by atoms with E-state index in [9.17, 15) is 14.4 Å². The number of benzene rings is 1.